The van der Waals surface area contributed by atoms with Gasteiger partial charge in [-0.15, -0.1) is 0 Å². The number of fused-ring (bicyclic) bond motifs is 1. The van der Waals surface area contributed by atoms with E-state index < -0.39 is 5.54 Å². The van der Waals surface area contributed by atoms with Gasteiger partial charge in [0, 0.05) is 6.54 Å². The number of nitrogens with two attached hydrogens (primary N) is 1. The summed E-state index contributed by atoms with van der Waals surface area (Å²) in [5, 5.41) is 0. The lowest BCUT2D eigenvalue weighted by Gasteiger charge is -2.47. The Morgan fingerprint density at radius 1 is 1.20 bits per heavy atom. The van der Waals surface area contributed by atoms with E-state index in [9.17, 15) is 9.59 Å². The molecule has 1 heterocycles. The number of likely N-dealkylation sites (tertiary alicyclic amines) is 1. The van der Waals surface area contributed by atoms with Crippen molar-refractivity contribution in [2.75, 3.05) is 6.54 Å². The van der Waals surface area contributed by atoms with E-state index in [1.165, 1.54) is 6.42 Å². The van der Waals surface area contributed by atoms with Crippen LogP contribution in [0.5, 0.6) is 0 Å². The van der Waals surface area contributed by atoms with Crippen LogP contribution < -0.4 is 5.73 Å². The predicted octanol–water partition coefficient (Wildman–Crippen LogP) is 1.85. The van der Waals surface area contributed by atoms with E-state index in [1.54, 1.807) is 4.90 Å². The summed E-state index contributed by atoms with van der Waals surface area (Å²) < 4.78 is 0. The van der Waals surface area contributed by atoms with Crippen LogP contribution in [0.3, 0.4) is 0 Å². The Kier molecular flexibility index (Phi) is 3.44. The van der Waals surface area contributed by atoms with Crippen molar-refractivity contribution in [2.24, 2.45) is 23.5 Å². The van der Waals surface area contributed by atoms with Crippen LogP contribution in [0, 0.1) is 17.8 Å². The van der Waals surface area contributed by atoms with E-state index >= 15 is 0 Å². The van der Waals surface area contributed by atoms with Gasteiger partial charge in [0.1, 0.15) is 0 Å². The zero-order chi connectivity index (χ0) is 14.3. The number of hydrogen-bond acceptors (Lipinski definition) is 3. The van der Waals surface area contributed by atoms with Crippen LogP contribution in [0.4, 0.5) is 0 Å². The molecule has 2 amide bonds. The van der Waals surface area contributed by atoms with Gasteiger partial charge in [-0.1, -0.05) is 31.9 Å². The third kappa shape index (κ3) is 1.77. The van der Waals surface area contributed by atoms with Gasteiger partial charge in [0.05, 0.1) is 17.4 Å². The highest BCUT2D eigenvalue weighted by Crippen LogP contribution is 2.45. The highest BCUT2D eigenvalue weighted by Gasteiger charge is 2.56. The zero-order valence-corrected chi connectivity index (χ0v) is 12.2. The van der Waals surface area contributed by atoms with Gasteiger partial charge in [-0.2, -0.15) is 0 Å². The third-order valence-corrected chi connectivity index (χ3v) is 5.72. The molecular formula is C16H24N2O2. The van der Waals surface area contributed by atoms with Gasteiger partial charge < -0.3 is 5.73 Å². The molecule has 4 atom stereocenters. The SMILES string of the molecule is CC1CCCCC1(CN)N1C(=O)C2CC=CCC2C1=O. The minimum atomic E-state index is -0.427. The summed E-state index contributed by atoms with van der Waals surface area (Å²) in [5.74, 6) is 0.101. The van der Waals surface area contributed by atoms with Crippen LogP contribution >= 0.6 is 0 Å². The van der Waals surface area contributed by atoms with Gasteiger partial charge in [-0.05, 0) is 31.6 Å². The molecule has 4 heteroatoms. The van der Waals surface area contributed by atoms with Crippen LogP contribution in [0.25, 0.3) is 0 Å². The van der Waals surface area contributed by atoms with E-state index in [4.69, 9.17) is 5.73 Å². The Labute approximate surface area is 120 Å². The molecule has 2 N–H and O–H groups in total. The van der Waals surface area contributed by atoms with Crippen molar-refractivity contribution < 1.29 is 9.59 Å². The molecule has 0 aromatic carbocycles. The van der Waals surface area contributed by atoms with Gasteiger partial charge in [0.2, 0.25) is 11.8 Å². The van der Waals surface area contributed by atoms with Crippen LogP contribution in [-0.4, -0.2) is 28.8 Å². The first-order valence-electron chi connectivity index (χ1n) is 7.85. The van der Waals surface area contributed by atoms with Crippen LogP contribution in [-0.2, 0) is 9.59 Å². The second-order valence-corrected chi connectivity index (χ2v) is 6.62. The largest absolute Gasteiger partial charge is 0.328 e. The number of nitrogens with zero attached hydrogens (tertiary/aromatic N) is 1. The lowest BCUT2D eigenvalue weighted by Crippen LogP contribution is -2.61. The minimum Gasteiger partial charge on any atom is -0.328 e. The van der Waals surface area contributed by atoms with Crippen LogP contribution in [0.1, 0.15) is 45.4 Å². The molecule has 110 valence electrons. The number of carbonyl (C=O) groups excluding carboxylic acids is 2. The number of carbonyl (C=O) groups is 2. The second kappa shape index (κ2) is 4.99. The number of imide groups is 1. The zero-order valence-electron chi connectivity index (χ0n) is 12.2. The Hall–Kier alpha value is -1.16. The van der Waals surface area contributed by atoms with Gasteiger partial charge in [0.25, 0.3) is 0 Å². The maximum absolute atomic E-state index is 12.8. The molecule has 20 heavy (non-hydrogen) atoms. The first kappa shape index (κ1) is 13.8. The van der Waals surface area contributed by atoms with Crippen molar-refractivity contribution in [2.45, 2.75) is 51.0 Å². The Balaban J connectivity index is 1.96. The molecule has 0 radical (unpaired) electrons. The summed E-state index contributed by atoms with van der Waals surface area (Å²) in [6.07, 6.45) is 9.66. The van der Waals surface area contributed by atoms with Gasteiger partial charge in [-0.25, -0.2) is 0 Å². The highest BCUT2D eigenvalue weighted by atomic mass is 16.2. The second-order valence-electron chi connectivity index (χ2n) is 6.62. The van der Waals surface area contributed by atoms with Gasteiger partial charge in [0.15, 0.2) is 0 Å². The quantitative estimate of drug-likeness (QED) is 0.618. The normalized spacial score (nSPS) is 41.1. The summed E-state index contributed by atoms with van der Waals surface area (Å²) in [7, 11) is 0. The molecule has 4 unspecified atom stereocenters. The fraction of sp³-hybridized carbons (Fsp3) is 0.750. The Morgan fingerprint density at radius 2 is 1.80 bits per heavy atom. The summed E-state index contributed by atoms with van der Waals surface area (Å²) >= 11 is 0. The molecule has 3 rings (SSSR count). The van der Waals surface area contributed by atoms with Gasteiger partial charge >= 0.3 is 0 Å². The van der Waals surface area contributed by atoms with Crippen molar-refractivity contribution >= 4 is 11.8 Å². The van der Waals surface area contributed by atoms with Crippen LogP contribution in [0.2, 0.25) is 0 Å². The number of amides is 2. The maximum Gasteiger partial charge on any atom is 0.233 e. The van der Waals surface area contributed by atoms with Crippen LogP contribution in [0.15, 0.2) is 12.2 Å². The molecule has 0 bridgehead atoms. The van der Waals surface area contributed by atoms with E-state index in [2.05, 4.69) is 6.92 Å². The standard InChI is InChI=1S/C16H24N2O2/c1-11-6-4-5-9-16(11,10-17)18-14(19)12-7-2-3-8-13(12)15(18)20/h2-3,11-13H,4-10,17H2,1H3. The van der Waals surface area contributed by atoms with Gasteiger partial charge in [-0.3, -0.25) is 14.5 Å². The highest BCUT2D eigenvalue weighted by molar-refractivity contribution is 6.06. The first-order valence-corrected chi connectivity index (χ1v) is 7.85. The van der Waals surface area contributed by atoms with E-state index in [0.717, 1.165) is 19.3 Å². The maximum atomic E-state index is 12.8. The van der Waals surface area contributed by atoms with Crippen molar-refractivity contribution in [1.29, 1.82) is 0 Å². The summed E-state index contributed by atoms with van der Waals surface area (Å²) in [6.45, 7) is 2.55. The fourth-order valence-corrected chi connectivity index (χ4v) is 4.36. The predicted molar refractivity (Wildman–Crippen MR) is 76.6 cm³/mol. The number of rotatable bonds is 2. The Bertz CT molecular complexity index is 433. The van der Waals surface area contributed by atoms with E-state index in [1.807, 2.05) is 12.2 Å². The number of allylic oxidation sites excluding steroid dienone is 2. The topological polar surface area (TPSA) is 63.4 Å². The van der Waals surface area contributed by atoms with E-state index in [-0.39, 0.29) is 23.7 Å². The average molecular weight is 276 g/mol. The summed E-state index contributed by atoms with van der Waals surface area (Å²) in [4.78, 5) is 27.1. The Morgan fingerprint density at radius 3 is 2.30 bits per heavy atom. The van der Waals surface area contributed by atoms with Crippen molar-refractivity contribution in [3.63, 3.8) is 0 Å². The van der Waals surface area contributed by atoms with Crippen molar-refractivity contribution in [1.82, 2.24) is 4.90 Å². The molecule has 2 aliphatic carbocycles. The monoisotopic (exact) mass is 276 g/mol. The lowest BCUT2D eigenvalue weighted by molar-refractivity contribution is -0.151. The smallest absolute Gasteiger partial charge is 0.233 e. The average Bonchev–Trinajstić information content (AvgIpc) is 2.73. The molecular weight excluding hydrogens is 252 g/mol. The molecule has 0 aromatic rings. The molecule has 2 fully saturated rings. The molecule has 1 saturated heterocycles. The van der Waals surface area contributed by atoms with Crippen molar-refractivity contribution in [3.05, 3.63) is 12.2 Å². The fourth-order valence-electron chi connectivity index (χ4n) is 4.36. The molecule has 4 nitrogen and oxygen atoms in total. The lowest BCUT2D eigenvalue weighted by atomic mass is 9.72. The molecule has 1 saturated carbocycles. The molecule has 1 aliphatic heterocycles. The first-order chi connectivity index (χ1) is 9.62. The third-order valence-electron chi connectivity index (χ3n) is 5.72. The van der Waals surface area contributed by atoms with Crippen molar-refractivity contribution in [3.8, 4) is 0 Å². The minimum absolute atomic E-state index is 0.0311. The number of hydrogen-bond donors (Lipinski definition) is 1. The summed E-state index contributed by atoms with van der Waals surface area (Å²) in [5.41, 5.74) is 5.63. The summed E-state index contributed by atoms with van der Waals surface area (Å²) in [6, 6.07) is 0. The molecule has 3 aliphatic rings. The van der Waals surface area contributed by atoms with E-state index in [0.29, 0.717) is 25.3 Å². The molecule has 0 aromatic heterocycles. The molecule has 0 spiro atoms.